The van der Waals surface area contributed by atoms with Crippen molar-refractivity contribution in [1.82, 2.24) is 10.6 Å². The molecule has 1 atom stereocenters. The first-order valence-electron chi connectivity index (χ1n) is 6.49. The summed E-state index contributed by atoms with van der Waals surface area (Å²) in [4.78, 5) is 12.1. The molecule has 0 aromatic heterocycles. The molecule has 1 aromatic carbocycles. The number of hydrogen-bond donors (Lipinski definition) is 2. The largest absolute Gasteiger partial charge is 0.493 e. The molecule has 20 heavy (non-hydrogen) atoms. The lowest BCUT2D eigenvalue weighted by Gasteiger charge is -2.14. The smallest absolute Gasteiger partial charge is 0.251 e. The highest BCUT2D eigenvalue weighted by atomic mass is 35.5. The number of benzene rings is 1. The molecular formula is C14H21ClN2O3. The van der Waals surface area contributed by atoms with Crippen LogP contribution in [0.15, 0.2) is 12.1 Å². The Labute approximate surface area is 124 Å². The van der Waals surface area contributed by atoms with Crippen molar-refractivity contribution in [3.05, 3.63) is 22.7 Å². The fourth-order valence-electron chi connectivity index (χ4n) is 1.59. The Kier molecular flexibility index (Phi) is 6.61. The molecule has 0 aliphatic carbocycles. The Morgan fingerprint density at radius 2 is 2.15 bits per heavy atom. The van der Waals surface area contributed by atoms with Crippen molar-refractivity contribution in [2.24, 2.45) is 0 Å². The van der Waals surface area contributed by atoms with Gasteiger partial charge in [0.05, 0.1) is 18.7 Å². The van der Waals surface area contributed by atoms with Crippen molar-refractivity contribution in [3.8, 4) is 11.5 Å². The summed E-state index contributed by atoms with van der Waals surface area (Å²) in [7, 11) is 3.35. The molecule has 0 saturated carbocycles. The molecule has 1 amide bonds. The summed E-state index contributed by atoms with van der Waals surface area (Å²) < 4.78 is 10.6. The number of ether oxygens (including phenoxy) is 2. The van der Waals surface area contributed by atoms with E-state index in [0.717, 1.165) is 0 Å². The third-order valence-electron chi connectivity index (χ3n) is 2.84. The molecule has 1 aromatic rings. The summed E-state index contributed by atoms with van der Waals surface area (Å²) in [5.41, 5.74) is 0.443. The number of nitrogens with one attached hydrogen (secondary N) is 2. The number of rotatable bonds is 7. The van der Waals surface area contributed by atoms with Crippen molar-refractivity contribution >= 4 is 17.5 Å². The van der Waals surface area contributed by atoms with Gasteiger partial charge in [-0.2, -0.15) is 0 Å². The summed E-state index contributed by atoms with van der Waals surface area (Å²) in [6.45, 7) is 4.84. The monoisotopic (exact) mass is 300 g/mol. The molecule has 112 valence electrons. The predicted octanol–water partition coefficient (Wildman–Crippen LogP) is 2.08. The van der Waals surface area contributed by atoms with Gasteiger partial charge in [0.2, 0.25) is 0 Å². The minimum atomic E-state index is -0.199. The summed E-state index contributed by atoms with van der Waals surface area (Å²) in [5, 5.41) is 6.23. The first kappa shape index (κ1) is 16.6. The van der Waals surface area contributed by atoms with Gasteiger partial charge >= 0.3 is 0 Å². The van der Waals surface area contributed by atoms with Gasteiger partial charge in [-0.1, -0.05) is 11.6 Å². The van der Waals surface area contributed by atoms with E-state index >= 15 is 0 Å². The maximum atomic E-state index is 12.1. The summed E-state index contributed by atoms with van der Waals surface area (Å²) in [6.07, 6.45) is 0. The molecule has 0 saturated heterocycles. The van der Waals surface area contributed by atoms with Crippen LogP contribution in [-0.4, -0.2) is 39.3 Å². The number of hydrogen-bond acceptors (Lipinski definition) is 4. The first-order chi connectivity index (χ1) is 9.53. The summed E-state index contributed by atoms with van der Waals surface area (Å²) in [5.74, 6) is 0.707. The van der Waals surface area contributed by atoms with Crippen LogP contribution in [0.4, 0.5) is 0 Å². The van der Waals surface area contributed by atoms with Gasteiger partial charge in [-0.3, -0.25) is 4.79 Å². The Hall–Kier alpha value is -1.46. The van der Waals surface area contributed by atoms with Gasteiger partial charge < -0.3 is 20.1 Å². The second-order valence-electron chi connectivity index (χ2n) is 4.32. The van der Waals surface area contributed by atoms with E-state index in [1.165, 1.54) is 7.11 Å². The van der Waals surface area contributed by atoms with Gasteiger partial charge in [0.25, 0.3) is 5.91 Å². The molecular weight excluding hydrogens is 280 g/mol. The van der Waals surface area contributed by atoms with Crippen molar-refractivity contribution < 1.29 is 14.3 Å². The Balaban J connectivity index is 2.91. The molecule has 0 aliphatic heterocycles. The molecule has 2 N–H and O–H groups in total. The Morgan fingerprint density at radius 1 is 1.45 bits per heavy atom. The molecule has 0 fully saturated rings. The van der Waals surface area contributed by atoms with Crippen LogP contribution in [0, 0.1) is 0 Å². The number of amides is 1. The first-order valence-corrected chi connectivity index (χ1v) is 6.87. The zero-order valence-corrected chi connectivity index (χ0v) is 13.0. The van der Waals surface area contributed by atoms with E-state index in [9.17, 15) is 4.79 Å². The van der Waals surface area contributed by atoms with Crippen LogP contribution in [-0.2, 0) is 0 Å². The molecule has 0 heterocycles. The molecule has 0 radical (unpaired) electrons. The molecule has 0 bridgehead atoms. The third-order valence-corrected chi connectivity index (χ3v) is 3.12. The van der Waals surface area contributed by atoms with Crippen LogP contribution >= 0.6 is 11.6 Å². The molecule has 0 spiro atoms. The number of halogens is 1. The average Bonchev–Trinajstić information content (AvgIpc) is 2.46. The van der Waals surface area contributed by atoms with Crippen LogP contribution in [0.3, 0.4) is 0 Å². The van der Waals surface area contributed by atoms with Gasteiger partial charge in [0.15, 0.2) is 11.5 Å². The van der Waals surface area contributed by atoms with E-state index < -0.39 is 0 Å². The summed E-state index contributed by atoms with van der Waals surface area (Å²) >= 11 is 6.13. The fraction of sp³-hybridized carbons (Fsp3) is 0.500. The van der Waals surface area contributed by atoms with E-state index in [4.69, 9.17) is 21.1 Å². The van der Waals surface area contributed by atoms with Gasteiger partial charge in [-0.25, -0.2) is 0 Å². The van der Waals surface area contributed by atoms with Crippen molar-refractivity contribution in [2.75, 3.05) is 27.3 Å². The molecule has 5 nitrogen and oxygen atoms in total. The van der Waals surface area contributed by atoms with Gasteiger partial charge in [-0.05, 0) is 33.0 Å². The molecule has 1 unspecified atom stereocenters. The maximum Gasteiger partial charge on any atom is 0.251 e. The Bertz CT molecular complexity index is 466. The van der Waals surface area contributed by atoms with Crippen LogP contribution in [0.5, 0.6) is 11.5 Å². The highest BCUT2D eigenvalue weighted by Gasteiger charge is 2.15. The zero-order valence-electron chi connectivity index (χ0n) is 12.2. The normalized spacial score (nSPS) is 11.8. The second kappa shape index (κ2) is 7.97. The molecule has 6 heteroatoms. The topological polar surface area (TPSA) is 59.6 Å². The van der Waals surface area contributed by atoms with Crippen molar-refractivity contribution in [3.63, 3.8) is 0 Å². The predicted molar refractivity (Wildman–Crippen MR) is 80.0 cm³/mol. The zero-order chi connectivity index (χ0) is 15.1. The lowest BCUT2D eigenvalue weighted by Crippen LogP contribution is -2.37. The summed E-state index contributed by atoms with van der Waals surface area (Å²) in [6, 6.07) is 3.39. The SMILES string of the molecule is CCOc1c(Cl)cc(C(=O)NCC(C)NC)cc1OC. The number of likely N-dealkylation sites (N-methyl/N-ethyl adjacent to an activating group) is 1. The quantitative estimate of drug-likeness (QED) is 0.809. The van der Waals surface area contributed by atoms with Crippen LogP contribution in [0.2, 0.25) is 5.02 Å². The van der Waals surface area contributed by atoms with Crippen molar-refractivity contribution in [1.29, 1.82) is 0 Å². The van der Waals surface area contributed by atoms with Crippen molar-refractivity contribution in [2.45, 2.75) is 19.9 Å². The van der Waals surface area contributed by atoms with Crippen LogP contribution in [0.25, 0.3) is 0 Å². The van der Waals surface area contributed by atoms with Gasteiger partial charge in [-0.15, -0.1) is 0 Å². The molecule has 1 rings (SSSR count). The van der Waals surface area contributed by atoms with E-state index in [1.54, 1.807) is 12.1 Å². The van der Waals surface area contributed by atoms with E-state index in [0.29, 0.717) is 35.2 Å². The highest BCUT2D eigenvalue weighted by molar-refractivity contribution is 6.32. The minimum Gasteiger partial charge on any atom is -0.493 e. The maximum absolute atomic E-state index is 12.1. The van der Waals surface area contributed by atoms with Crippen LogP contribution in [0.1, 0.15) is 24.2 Å². The van der Waals surface area contributed by atoms with Crippen LogP contribution < -0.4 is 20.1 Å². The lowest BCUT2D eigenvalue weighted by atomic mass is 10.1. The average molecular weight is 301 g/mol. The fourth-order valence-corrected chi connectivity index (χ4v) is 1.85. The van der Waals surface area contributed by atoms with E-state index in [2.05, 4.69) is 10.6 Å². The van der Waals surface area contributed by atoms with E-state index in [-0.39, 0.29) is 11.9 Å². The molecule has 0 aliphatic rings. The lowest BCUT2D eigenvalue weighted by molar-refractivity contribution is 0.0950. The van der Waals surface area contributed by atoms with Gasteiger partial charge in [0.1, 0.15) is 0 Å². The third kappa shape index (κ3) is 4.28. The minimum absolute atomic E-state index is 0.194. The highest BCUT2D eigenvalue weighted by Crippen LogP contribution is 2.36. The number of methoxy groups -OCH3 is 1. The standard InChI is InChI=1S/C14H21ClN2O3/c1-5-20-13-11(15)6-10(7-12(13)19-4)14(18)17-8-9(2)16-3/h6-7,9,16H,5,8H2,1-4H3,(H,17,18). The van der Waals surface area contributed by atoms with Gasteiger partial charge in [0, 0.05) is 18.2 Å². The number of carbonyl (C=O) groups excluding carboxylic acids is 1. The van der Waals surface area contributed by atoms with E-state index in [1.807, 2.05) is 20.9 Å². The second-order valence-corrected chi connectivity index (χ2v) is 4.73. The number of carbonyl (C=O) groups is 1. The Morgan fingerprint density at radius 3 is 2.70 bits per heavy atom.